The van der Waals surface area contributed by atoms with E-state index in [1.807, 2.05) is 48.3 Å². The summed E-state index contributed by atoms with van der Waals surface area (Å²) >= 11 is 0. The normalized spacial score (nSPS) is 11.2. The van der Waals surface area contributed by atoms with Crippen LogP contribution in [0, 0.1) is 6.92 Å². The van der Waals surface area contributed by atoms with Crippen LogP contribution in [-0.2, 0) is 16.5 Å². The number of hydrogen-bond donors (Lipinski definition) is 2. The zero-order chi connectivity index (χ0) is 21.6. The first-order chi connectivity index (χ1) is 14.4. The van der Waals surface area contributed by atoms with Crippen molar-refractivity contribution >= 4 is 21.5 Å². The molecule has 0 radical (unpaired) electrons. The first kappa shape index (κ1) is 21.7. The highest BCUT2D eigenvalue weighted by molar-refractivity contribution is 7.86. The minimum atomic E-state index is -4.42. The molecule has 0 aliphatic carbocycles. The summed E-state index contributed by atoms with van der Waals surface area (Å²) in [5.74, 6) is 0.122. The lowest BCUT2D eigenvalue weighted by atomic mass is 10.1. The number of ether oxygens (including phenoxy) is 1. The highest BCUT2D eigenvalue weighted by Crippen LogP contribution is 2.28. The molecule has 0 saturated carbocycles. The van der Waals surface area contributed by atoms with Crippen molar-refractivity contribution in [3.8, 4) is 5.75 Å². The van der Waals surface area contributed by atoms with Crippen LogP contribution in [0.1, 0.15) is 18.1 Å². The van der Waals surface area contributed by atoms with Crippen molar-refractivity contribution < 1.29 is 17.7 Å². The Bertz CT molecular complexity index is 1090. The fourth-order valence-electron chi connectivity index (χ4n) is 3.14. The summed E-state index contributed by atoms with van der Waals surface area (Å²) < 4.78 is 38.6. The highest BCUT2D eigenvalue weighted by Gasteiger charge is 2.18. The van der Waals surface area contributed by atoms with Crippen LogP contribution in [0.4, 0.5) is 11.4 Å². The second-order valence-electron chi connectivity index (χ2n) is 6.91. The molecule has 0 aliphatic heterocycles. The van der Waals surface area contributed by atoms with Gasteiger partial charge < -0.3 is 4.74 Å². The Kier molecular flexibility index (Phi) is 6.97. The molecule has 0 bridgehead atoms. The lowest BCUT2D eigenvalue weighted by Gasteiger charge is -2.27. The molecule has 6 nitrogen and oxygen atoms in total. The quantitative estimate of drug-likeness (QED) is 0.381. The van der Waals surface area contributed by atoms with Crippen molar-refractivity contribution in [3.63, 3.8) is 0 Å². The monoisotopic (exact) mass is 426 g/mol. The van der Waals surface area contributed by atoms with Gasteiger partial charge in [-0.05, 0) is 61.7 Å². The van der Waals surface area contributed by atoms with Crippen molar-refractivity contribution in [2.75, 3.05) is 23.6 Å². The van der Waals surface area contributed by atoms with Gasteiger partial charge in [0.15, 0.2) is 0 Å². The molecule has 0 spiro atoms. The third-order valence-corrected chi connectivity index (χ3v) is 5.44. The van der Waals surface area contributed by atoms with Crippen molar-refractivity contribution in [3.05, 3.63) is 83.9 Å². The zero-order valence-electron chi connectivity index (χ0n) is 17.1. The van der Waals surface area contributed by atoms with Gasteiger partial charge in [0.2, 0.25) is 0 Å². The van der Waals surface area contributed by atoms with Crippen LogP contribution >= 0.6 is 0 Å². The average molecular weight is 427 g/mol. The number of rotatable bonds is 9. The van der Waals surface area contributed by atoms with Crippen LogP contribution in [0.5, 0.6) is 5.75 Å². The van der Waals surface area contributed by atoms with E-state index >= 15 is 0 Å². The Morgan fingerprint density at radius 2 is 1.77 bits per heavy atom. The molecule has 30 heavy (non-hydrogen) atoms. The van der Waals surface area contributed by atoms with Gasteiger partial charge in [-0.25, -0.2) is 0 Å². The molecule has 0 saturated heterocycles. The number of anilines is 2. The van der Waals surface area contributed by atoms with E-state index in [1.54, 1.807) is 19.1 Å². The average Bonchev–Trinajstić information content (AvgIpc) is 2.72. The Hall–Kier alpha value is -3.03. The lowest BCUT2D eigenvalue weighted by Crippen LogP contribution is -2.32. The molecule has 158 valence electrons. The molecule has 0 fully saturated rings. The fourth-order valence-corrected chi connectivity index (χ4v) is 3.80. The fraction of sp³-hybridized carbons (Fsp3) is 0.217. The van der Waals surface area contributed by atoms with E-state index in [4.69, 9.17) is 4.74 Å². The summed E-state index contributed by atoms with van der Waals surface area (Å²) in [6, 6.07) is 22.8. The van der Waals surface area contributed by atoms with Gasteiger partial charge in [0, 0.05) is 6.54 Å². The number of aryl methyl sites for hydroxylation is 1. The van der Waals surface area contributed by atoms with E-state index in [0.29, 0.717) is 18.8 Å². The van der Waals surface area contributed by atoms with Crippen LogP contribution in [0.3, 0.4) is 0 Å². The number of hydrazine groups is 1. The van der Waals surface area contributed by atoms with Crippen molar-refractivity contribution in [1.29, 1.82) is 0 Å². The second kappa shape index (κ2) is 9.65. The molecular weight excluding hydrogens is 400 g/mol. The molecule has 7 heteroatoms. The summed E-state index contributed by atoms with van der Waals surface area (Å²) in [6.07, 6.45) is 0.796. The summed E-state index contributed by atoms with van der Waals surface area (Å²) in [6.45, 7) is 4.72. The lowest BCUT2D eigenvalue weighted by molar-refractivity contribution is 0.329. The topological polar surface area (TPSA) is 78.9 Å². The van der Waals surface area contributed by atoms with E-state index in [0.717, 1.165) is 17.7 Å². The summed E-state index contributed by atoms with van der Waals surface area (Å²) in [5.41, 5.74) is 7.07. The van der Waals surface area contributed by atoms with Crippen LogP contribution in [0.2, 0.25) is 0 Å². The van der Waals surface area contributed by atoms with Gasteiger partial charge in [0.25, 0.3) is 10.1 Å². The van der Waals surface area contributed by atoms with Crippen LogP contribution < -0.4 is 15.2 Å². The van der Waals surface area contributed by atoms with Crippen molar-refractivity contribution in [2.24, 2.45) is 0 Å². The Labute approximate surface area is 177 Å². The molecule has 3 aromatic carbocycles. The summed E-state index contributed by atoms with van der Waals surface area (Å²) in [4.78, 5) is -0.262. The standard InChI is InChI=1S/C23H26N2O4S/c1-3-29-22-13-12-20(17-23(22)30(26,27)28)24-25(21-11-7-8-18(2)16-21)15-14-19-9-5-4-6-10-19/h4-13,16-17,24H,3,14-15H2,1-2H3,(H,26,27,28). The van der Waals surface area contributed by atoms with E-state index in [-0.39, 0.29) is 10.6 Å². The first-order valence-corrected chi connectivity index (χ1v) is 11.2. The minimum absolute atomic E-state index is 0.122. The predicted octanol–water partition coefficient (Wildman–Crippen LogP) is 4.72. The molecule has 3 aromatic rings. The number of hydrogen-bond acceptors (Lipinski definition) is 5. The van der Waals surface area contributed by atoms with Gasteiger partial charge in [-0.15, -0.1) is 0 Å². The van der Waals surface area contributed by atoms with E-state index in [2.05, 4.69) is 23.6 Å². The Morgan fingerprint density at radius 1 is 1.00 bits per heavy atom. The Balaban J connectivity index is 1.90. The molecule has 3 rings (SSSR count). The molecular formula is C23H26N2O4S. The molecule has 0 aromatic heterocycles. The highest BCUT2D eigenvalue weighted by atomic mass is 32.2. The van der Waals surface area contributed by atoms with E-state index in [1.165, 1.54) is 11.6 Å². The zero-order valence-corrected chi connectivity index (χ0v) is 17.9. The number of benzene rings is 3. The molecule has 2 N–H and O–H groups in total. The van der Waals surface area contributed by atoms with Crippen LogP contribution in [-0.4, -0.2) is 26.1 Å². The maximum absolute atomic E-state index is 11.8. The van der Waals surface area contributed by atoms with Gasteiger partial charge in [0.05, 0.1) is 18.0 Å². The minimum Gasteiger partial charge on any atom is -0.492 e. The van der Waals surface area contributed by atoms with E-state index in [9.17, 15) is 13.0 Å². The van der Waals surface area contributed by atoms with Gasteiger partial charge in [-0.2, -0.15) is 8.42 Å². The molecule has 0 unspecified atom stereocenters. The number of nitrogens with one attached hydrogen (secondary N) is 1. The van der Waals surface area contributed by atoms with Crippen LogP contribution in [0.15, 0.2) is 77.7 Å². The van der Waals surface area contributed by atoms with E-state index < -0.39 is 10.1 Å². The maximum Gasteiger partial charge on any atom is 0.298 e. The third kappa shape index (κ3) is 5.75. The maximum atomic E-state index is 11.8. The van der Waals surface area contributed by atoms with Crippen molar-refractivity contribution in [1.82, 2.24) is 0 Å². The van der Waals surface area contributed by atoms with Gasteiger partial charge in [-0.3, -0.25) is 15.0 Å². The summed E-state index contributed by atoms with van der Waals surface area (Å²) in [5, 5.41) is 1.96. The molecule has 0 amide bonds. The number of nitrogens with zero attached hydrogens (tertiary/aromatic N) is 1. The smallest absolute Gasteiger partial charge is 0.298 e. The van der Waals surface area contributed by atoms with Crippen molar-refractivity contribution in [2.45, 2.75) is 25.2 Å². The van der Waals surface area contributed by atoms with Crippen LogP contribution in [0.25, 0.3) is 0 Å². The molecule has 0 aliphatic rings. The predicted molar refractivity (Wildman–Crippen MR) is 120 cm³/mol. The second-order valence-corrected chi connectivity index (χ2v) is 8.30. The van der Waals surface area contributed by atoms with Gasteiger partial charge >= 0.3 is 0 Å². The van der Waals surface area contributed by atoms with Gasteiger partial charge in [0.1, 0.15) is 10.6 Å². The largest absolute Gasteiger partial charge is 0.492 e. The van der Waals surface area contributed by atoms with Gasteiger partial charge in [-0.1, -0.05) is 42.5 Å². The third-order valence-electron chi connectivity index (χ3n) is 4.57. The molecule has 0 atom stereocenters. The SMILES string of the molecule is CCOc1ccc(NN(CCc2ccccc2)c2cccc(C)c2)cc1S(=O)(=O)O. The Morgan fingerprint density at radius 3 is 2.43 bits per heavy atom. The summed E-state index contributed by atoms with van der Waals surface area (Å²) in [7, 11) is -4.42. The molecule has 0 heterocycles. The first-order valence-electron chi connectivity index (χ1n) is 9.76.